The first-order valence-corrected chi connectivity index (χ1v) is 11.1. The van der Waals surface area contributed by atoms with Gasteiger partial charge < -0.3 is 19.6 Å². The quantitative estimate of drug-likeness (QED) is 0.377. The molecule has 2 aromatic carbocycles. The summed E-state index contributed by atoms with van der Waals surface area (Å²) in [6.07, 6.45) is 0.683. The first-order valence-electron chi connectivity index (χ1n) is 10.3. The van der Waals surface area contributed by atoms with Gasteiger partial charge in [0.1, 0.15) is 5.75 Å². The highest BCUT2D eigenvalue weighted by Crippen LogP contribution is 2.40. The lowest BCUT2D eigenvalue weighted by molar-refractivity contribution is -0.858. The summed E-state index contributed by atoms with van der Waals surface area (Å²) in [5.41, 5.74) is 1.58. The number of nitrogens with zero attached hydrogens (tertiary/aromatic N) is 1. The highest BCUT2D eigenvalue weighted by Gasteiger charge is 2.44. The Morgan fingerprint density at radius 1 is 1.12 bits per heavy atom. The minimum Gasteiger partial charge on any atom is -0.872 e. The second kappa shape index (κ2) is 9.94. The number of aryl methyl sites for hydroxylation is 1. The fourth-order valence-corrected chi connectivity index (χ4v) is 4.21. The summed E-state index contributed by atoms with van der Waals surface area (Å²) >= 11 is 12.3. The molecular weight excluding hydrogens is 451 g/mol. The predicted molar refractivity (Wildman–Crippen MR) is 123 cm³/mol. The number of halogens is 2. The molecule has 0 radical (unpaired) electrons. The fourth-order valence-electron chi connectivity index (χ4n) is 3.91. The van der Waals surface area contributed by atoms with Gasteiger partial charge in [0.2, 0.25) is 5.78 Å². The van der Waals surface area contributed by atoms with Crippen molar-refractivity contribution in [2.45, 2.75) is 19.4 Å². The molecule has 0 saturated carbocycles. The molecule has 1 saturated heterocycles. The zero-order chi connectivity index (χ0) is 23.6. The van der Waals surface area contributed by atoms with Crippen LogP contribution in [-0.2, 0) is 9.59 Å². The third-order valence-electron chi connectivity index (χ3n) is 5.52. The zero-order valence-electron chi connectivity index (χ0n) is 18.5. The normalized spacial score (nSPS) is 18.0. The van der Waals surface area contributed by atoms with Crippen LogP contribution >= 0.6 is 23.2 Å². The lowest BCUT2D eigenvalue weighted by atomic mass is 9.94. The Labute approximate surface area is 198 Å². The molecule has 1 heterocycles. The van der Waals surface area contributed by atoms with Crippen LogP contribution in [0.2, 0.25) is 10.0 Å². The van der Waals surface area contributed by atoms with Gasteiger partial charge in [-0.05, 0) is 47.9 Å². The number of carbonyl (C=O) groups is 2. The molecule has 0 aliphatic carbocycles. The standard InChI is InChI=1S/C24H26Cl2N2O4/c1-14-12-16(7-9-19(14)32-4)22(29)20-21(15-6-8-17(25)18(26)13-15)28(24(31)23(20)30)11-5-10-27(2)3/h6-9,12-13,21,29H,5,10-11H2,1-4H3. The lowest BCUT2D eigenvalue weighted by Crippen LogP contribution is -3.05. The fraction of sp³-hybridized carbons (Fsp3) is 0.333. The van der Waals surface area contributed by atoms with Crippen LogP contribution in [0, 0.1) is 6.92 Å². The molecule has 1 unspecified atom stereocenters. The molecule has 1 aliphatic rings. The predicted octanol–water partition coefficient (Wildman–Crippen LogP) is 2.07. The monoisotopic (exact) mass is 476 g/mol. The van der Waals surface area contributed by atoms with Crippen molar-refractivity contribution in [3.8, 4) is 5.75 Å². The molecule has 1 aliphatic heterocycles. The van der Waals surface area contributed by atoms with Crippen LogP contribution in [0.15, 0.2) is 42.0 Å². The van der Waals surface area contributed by atoms with Crippen molar-refractivity contribution in [1.82, 2.24) is 4.90 Å². The van der Waals surface area contributed by atoms with Gasteiger partial charge in [0.15, 0.2) is 0 Å². The number of ether oxygens (including phenoxy) is 1. The largest absolute Gasteiger partial charge is 0.872 e. The molecule has 32 heavy (non-hydrogen) atoms. The summed E-state index contributed by atoms with van der Waals surface area (Å²) in [7, 11) is 5.58. The summed E-state index contributed by atoms with van der Waals surface area (Å²) in [5, 5.41) is 14.1. The van der Waals surface area contributed by atoms with E-state index in [0.717, 1.165) is 12.1 Å². The SMILES string of the molecule is COc1ccc(C([O-])=C2C(=O)C(=O)N(CCC[NH+](C)C)C2c2ccc(Cl)c(Cl)c2)cc1C. The average molecular weight is 477 g/mol. The van der Waals surface area contributed by atoms with Gasteiger partial charge in [0.25, 0.3) is 5.91 Å². The molecular formula is C24H26Cl2N2O4. The van der Waals surface area contributed by atoms with Gasteiger partial charge in [-0.15, -0.1) is 0 Å². The molecule has 3 rings (SSSR count). The average Bonchev–Trinajstić information content (AvgIpc) is 3.00. The highest BCUT2D eigenvalue weighted by atomic mass is 35.5. The van der Waals surface area contributed by atoms with Crippen LogP contribution in [0.4, 0.5) is 0 Å². The molecule has 1 atom stereocenters. The maximum atomic E-state index is 13.5. The molecule has 0 spiro atoms. The van der Waals surface area contributed by atoms with Crippen LogP contribution in [0.25, 0.3) is 5.76 Å². The van der Waals surface area contributed by atoms with E-state index in [-0.39, 0.29) is 5.57 Å². The smallest absolute Gasteiger partial charge is 0.295 e. The number of Topliss-reactive ketones (excluding diaryl/α,β-unsaturated/α-hetero) is 1. The number of nitrogens with one attached hydrogen (secondary N) is 1. The second-order valence-electron chi connectivity index (χ2n) is 8.14. The zero-order valence-corrected chi connectivity index (χ0v) is 20.0. The van der Waals surface area contributed by atoms with Gasteiger partial charge >= 0.3 is 0 Å². The maximum Gasteiger partial charge on any atom is 0.295 e. The summed E-state index contributed by atoms with van der Waals surface area (Å²) in [4.78, 5) is 28.7. The summed E-state index contributed by atoms with van der Waals surface area (Å²) < 4.78 is 5.26. The van der Waals surface area contributed by atoms with E-state index in [4.69, 9.17) is 27.9 Å². The number of benzene rings is 2. The van der Waals surface area contributed by atoms with Crippen LogP contribution in [0.3, 0.4) is 0 Å². The Kier molecular flexibility index (Phi) is 7.49. The van der Waals surface area contributed by atoms with Crippen molar-refractivity contribution in [3.63, 3.8) is 0 Å². The van der Waals surface area contributed by atoms with Crippen molar-refractivity contribution in [3.05, 3.63) is 68.7 Å². The number of quaternary nitrogens is 1. The molecule has 1 amide bonds. The van der Waals surface area contributed by atoms with Crippen molar-refractivity contribution in [1.29, 1.82) is 0 Å². The van der Waals surface area contributed by atoms with Crippen molar-refractivity contribution in [2.24, 2.45) is 0 Å². The third kappa shape index (κ3) is 4.77. The molecule has 170 valence electrons. The Balaban J connectivity index is 2.13. The molecule has 0 aromatic heterocycles. The van der Waals surface area contributed by atoms with Gasteiger partial charge in [-0.25, -0.2) is 0 Å². The van der Waals surface area contributed by atoms with Gasteiger partial charge in [-0.1, -0.05) is 41.1 Å². The number of likely N-dealkylation sites (tertiary alicyclic amines) is 1. The third-order valence-corrected chi connectivity index (χ3v) is 6.26. The Hall–Kier alpha value is -2.54. The molecule has 1 fully saturated rings. The van der Waals surface area contributed by atoms with E-state index >= 15 is 0 Å². The van der Waals surface area contributed by atoms with E-state index < -0.39 is 23.5 Å². The van der Waals surface area contributed by atoms with Crippen molar-refractivity contribution < 1.29 is 24.3 Å². The summed E-state index contributed by atoms with van der Waals surface area (Å²) in [5.74, 6) is -1.31. The first kappa shape index (κ1) is 24.1. The number of rotatable bonds is 7. The number of hydrogen-bond acceptors (Lipinski definition) is 4. The Bertz CT molecular complexity index is 1080. The summed E-state index contributed by atoms with van der Waals surface area (Å²) in [6.45, 7) is 2.97. The first-order chi connectivity index (χ1) is 15.1. The van der Waals surface area contributed by atoms with E-state index in [1.54, 1.807) is 43.5 Å². The molecule has 1 N–H and O–H groups in total. The van der Waals surface area contributed by atoms with Gasteiger partial charge in [0.05, 0.1) is 43.8 Å². The number of carbonyl (C=O) groups excluding carboxylic acids is 2. The topological polar surface area (TPSA) is 74.1 Å². The Morgan fingerprint density at radius 2 is 1.84 bits per heavy atom. The number of methoxy groups -OCH3 is 1. The van der Waals surface area contributed by atoms with Gasteiger partial charge in [0, 0.05) is 18.5 Å². The number of hydrogen-bond donors (Lipinski definition) is 1. The van der Waals surface area contributed by atoms with E-state index in [1.807, 2.05) is 21.0 Å². The number of amides is 1. The van der Waals surface area contributed by atoms with Crippen LogP contribution in [-0.4, -0.2) is 50.9 Å². The highest BCUT2D eigenvalue weighted by molar-refractivity contribution is 6.46. The van der Waals surface area contributed by atoms with Crippen molar-refractivity contribution >= 4 is 40.7 Å². The van der Waals surface area contributed by atoms with Crippen molar-refractivity contribution in [2.75, 3.05) is 34.3 Å². The van der Waals surface area contributed by atoms with Crippen LogP contribution in [0.5, 0.6) is 5.75 Å². The van der Waals surface area contributed by atoms with E-state index in [0.29, 0.717) is 39.9 Å². The second-order valence-corrected chi connectivity index (χ2v) is 8.96. The van der Waals surface area contributed by atoms with Gasteiger partial charge in [-0.2, -0.15) is 0 Å². The minimum absolute atomic E-state index is 0.0739. The molecule has 6 nitrogen and oxygen atoms in total. The molecule has 2 aromatic rings. The molecule has 8 heteroatoms. The summed E-state index contributed by atoms with van der Waals surface area (Å²) in [6, 6.07) is 9.03. The maximum absolute atomic E-state index is 13.5. The van der Waals surface area contributed by atoms with Crippen LogP contribution < -0.4 is 14.7 Å². The van der Waals surface area contributed by atoms with E-state index in [1.165, 1.54) is 9.80 Å². The van der Waals surface area contributed by atoms with Crippen LogP contribution in [0.1, 0.15) is 29.2 Å². The van der Waals surface area contributed by atoms with E-state index in [9.17, 15) is 14.7 Å². The minimum atomic E-state index is -0.822. The lowest BCUT2D eigenvalue weighted by Gasteiger charge is -2.28. The van der Waals surface area contributed by atoms with E-state index in [2.05, 4.69) is 0 Å². The molecule has 0 bridgehead atoms. The Morgan fingerprint density at radius 3 is 2.44 bits per heavy atom. The number of ketones is 1. The van der Waals surface area contributed by atoms with Gasteiger partial charge in [-0.3, -0.25) is 9.59 Å².